The molecule has 5 heteroatoms. The van der Waals surface area contributed by atoms with Gasteiger partial charge in [-0.05, 0) is 58.1 Å². The maximum Gasteiger partial charge on any atom is 0.214 e. The largest absolute Gasteiger partial charge is 0.310 e. The standard InChI is InChI=1S/C32H30NO3P/c1-22(34)37(36,23(2)35)21-24-14-16-25(17-15-24)26-18-19-31-29(20-26)32(3,4)28-12-8-9-13-30(28)33(31)27-10-6-5-7-11-27/h5-20H,21H2,1-4H3. The van der Waals surface area contributed by atoms with Crippen LogP contribution in [0.5, 0.6) is 0 Å². The van der Waals surface area contributed by atoms with Crippen molar-refractivity contribution in [2.75, 3.05) is 4.90 Å². The van der Waals surface area contributed by atoms with Gasteiger partial charge in [0.2, 0.25) is 7.14 Å². The molecular weight excluding hydrogens is 477 g/mol. The van der Waals surface area contributed by atoms with Crippen molar-refractivity contribution in [1.29, 1.82) is 0 Å². The van der Waals surface area contributed by atoms with Gasteiger partial charge in [-0.3, -0.25) is 9.59 Å². The summed E-state index contributed by atoms with van der Waals surface area (Å²) in [4.78, 5) is 26.2. The molecule has 0 N–H and O–H groups in total. The smallest absolute Gasteiger partial charge is 0.214 e. The highest BCUT2D eigenvalue weighted by Gasteiger charge is 2.37. The molecule has 0 radical (unpaired) electrons. The molecule has 0 aromatic heterocycles. The molecule has 0 atom stereocenters. The molecule has 1 aliphatic rings. The molecule has 5 rings (SSSR count). The second-order valence-corrected chi connectivity index (χ2v) is 13.2. The number of carbonyl (C=O) groups excluding carboxylic acids is 2. The molecule has 4 aromatic carbocycles. The van der Waals surface area contributed by atoms with E-state index in [-0.39, 0.29) is 11.6 Å². The number of anilines is 3. The fourth-order valence-electron chi connectivity index (χ4n) is 5.24. The molecule has 0 bridgehead atoms. The van der Waals surface area contributed by atoms with Crippen molar-refractivity contribution >= 4 is 35.3 Å². The highest BCUT2D eigenvalue weighted by Crippen LogP contribution is 2.53. The van der Waals surface area contributed by atoms with Crippen LogP contribution in [0.15, 0.2) is 97.1 Å². The zero-order valence-electron chi connectivity index (χ0n) is 21.6. The van der Waals surface area contributed by atoms with E-state index in [2.05, 4.69) is 85.5 Å². The second-order valence-electron chi connectivity index (χ2n) is 10.2. The summed E-state index contributed by atoms with van der Waals surface area (Å²) in [7, 11) is -3.56. The van der Waals surface area contributed by atoms with Crippen molar-refractivity contribution in [3.8, 4) is 11.1 Å². The maximum absolute atomic E-state index is 12.9. The summed E-state index contributed by atoms with van der Waals surface area (Å²) in [5.74, 6) is 0. The first-order valence-corrected chi connectivity index (χ1v) is 14.3. The third-order valence-electron chi connectivity index (χ3n) is 7.45. The van der Waals surface area contributed by atoms with Crippen LogP contribution in [0.25, 0.3) is 11.1 Å². The van der Waals surface area contributed by atoms with Crippen LogP contribution in [0.4, 0.5) is 17.1 Å². The van der Waals surface area contributed by atoms with Crippen LogP contribution in [-0.2, 0) is 25.7 Å². The summed E-state index contributed by atoms with van der Waals surface area (Å²) in [5.41, 5.74) is 7.49. The Bertz CT molecular complexity index is 1540. The van der Waals surface area contributed by atoms with E-state index in [0.717, 1.165) is 28.1 Å². The third-order valence-corrected chi connectivity index (χ3v) is 10.3. The lowest BCUT2D eigenvalue weighted by Crippen LogP contribution is -2.30. The number of para-hydroxylation sites is 2. The molecule has 0 spiro atoms. The molecule has 1 heterocycles. The zero-order valence-corrected chi connectivity index (χ0v) is 22.5. The van der Waals surface area contributed by atoms with Crippen molar-refractivity contribution < 1.29 is 14.2 Å². The lowest BCUT2D eigenvalue weighted by molar-refractivity contribution is -0.113. The summed E-state index contributed by atoms with van der Waals surface area (Å²) in [6.07, 6.45) is -0.0298. The van der Waals surface area contributed by atoms with Crippen molar-refractivity contribution in [2.45, 2.75) is 39.3 Å². The molecule has 4 aromatic rings. The Kier molecular flexibility index (Phi) is 6.25. The van der Waals surface area contributed by atoms with Gasteiger partial charge in [0.05, 0.1) is 11.4 Å². The van der Waals surface area contributed by atoms with E-state index in [1.54, 1.807) is 0 Å². The van der Waals surface area contributed by atoms with Crippen LogP contribution in [-0.4, -0.2) is 11.0 Å². The van der Waals surface area contributed by atoms with Crippen LogP contribution >= 0.6 is 7.14 Å². The van der Waals surface area contributed by atoms with Crippen LogP contribution in [0.2, 0.25) is 0 Å². The SMILES string of the molecule is CC(=O)P(=O)(Cc1ccc(-c2ccc3c(c2)C(C)(C)c2ccccc2N3c2ccccc2)cc1)C(C)=O. The van der Waals surface area contributed by atoms with Crippen molar-refractivity contribution in [1.82, 2.24) is 0 Å². The molecule has 0 saturated carbocycles. The highest BCUT2D eigenvalue weighted by atomic mass is 31.2. The van der Waals surface area contributed by atoms with E-state index >= 15 is 0 Å². The molecule has 4 nitrogen and oxygen atoms in total. The van der Waals surface area contributed by atoms with Gasteiger partial charge in [-0.25, -0.2) is 0 Å². The van der Waals surface area contributed by atoms with Gasteiger partial charge >= 0.3 is 0 Å². The summed E-state index contributed by atoms with van der Waals surface area (Å²) in [5, 5.41) is 0. The van der Waals surface area contributed by atoms with E-state index in [1.165, 1.54) is 30.7 Å². The van der Waals surface area contributed by atoms with Gasteiger partial charge in [0.25, 0.3) is 0 Å². The lowest BCUT2D eigenvalue weighted by atomic mass is 9.73. The number of benzene rings is 4. The molecule has 0 saturated heterocycles. The molecule has 1 aliphatic heterocycles. The number of fused-ring (bicyclic) bond motifs is 2. The molecule has 0 unspecified atom stereocenters. The predicted molar refractivity (Wildman–Crippen MR) is 151 cm³/mol. The molecule has 186 valence electrons. The molecule has 0 aliphatic carbocycles. The zero-order chi connectivity index (χ0) is 26.4. The molecule has 37 heavy (non-hydrogen) atoms. The maximum atomic E-state index is 12.9. The van der Waals surface area contributed by atoms with E-state index in [4.69, 9.17) is 0 Å². The van der Waals surface area contributed by atoms with Gasteiger partial charge in [0, 0.05) is 31.1 Å². The Morgan fingerprint density at radius 1 is 0.703 bits per heavy atom. The number of rotatable bonds is 6. The van der Waals surface area contributed by atoms with Gasteiger partial charge in [-0.2, -0.15) is 0 Å². The minimum absolute atomic E-state index is 0.0298. The second kappa shape index (κ2) is 9.28. The Hall–Kier alpha value is -3.75. The van der Waals surface area contributed by atoms with Gasteiger partial charge in [-0.1, -0.05) is 80.6 Å². The Morgan fingerprint density at radius 2 is 1.27 bits per heavy atom. The number of hydrogen-bond acceptors (Lipinski definition) is 4. The first-order chi connectivity index (χ1) is 17.6. The third kappa shape index (κ3) is 4.26. The van der Waals surface area contributed by atoms with Gasteiger partial charge < -0.3 is 9.46 Å². The lowest BCUT2D eigenvalue weighted by Gasteiger charge is -2.42. The summed E-state index contributed by atoms with van der Waals surface area (Å²) in [6.45, 7) is 7.01. The Morgan fingerprint density at radius 3 is 1.92 bits per heavy atom. The van der Waals surface area contributed by atoms with Gasteiger partial charge in [-0.15, -0.1) is 0 Å². The Balaban J connectivity index is 1.57. The molecule has 0 fully saturated rings. The molecular formula is C32H30NO3P. The van der Waals surface area contributed by atoms with E-state index in [1.807, 2.05) is 30.3 Å². The number of nitrogens with zero attached hydrogens (tertiary/aromatic N) is 1. The van der Waals surface area contributed by atoms with E-state index < -0.39 is 18.2 Å². The van der Waals surface area contributed by atoms with Crippen molar-refractivity contribution in [2.24, 2.45) is 0 Å². The van der Waals surface area contributed by atoms with Crippen LogP contribution in [0, 0.1) is 0 Å². The predicted octanol–water partition coefficient (Wildman–Crippen LogP) is 8.42. The summed E-state index contributed by atoms with van der Waals surface area (Å²) in [6, 6.07) is 33.2. The minimum atomic E-state index is -3.56. The van der Waals surface area contributed by atoms with Gasteiger partial charge in [0.1, 0.15) is 0 Å². The number of carbonyl (C=O) groups is 2. The fourth-order valence-corrected chi connectivity index (χ4v) is 6.86. The van der Waals surface area contributed by atoms with Crippen molar-refractivity contribution in [3.63, 3.8) is 0 Å². The van der Waals surface area contributed by atoms with E-state index in [0.29, 0.717) is 0 Å². The Labute approximate surface area is 218 Å². The average molecular weight is 508 g/mol. The number of hydrogen-bond donors (Lipinski definition) is 0. The average Bonchev–Trinajstić information content (AvgIpc) is 2.89. The van der Waals surface area contributed by atoms with E-state index in [9.17, 15) is 14.2 Å². The van der Waals surface area contributed by atoms with Gasteiger partial charge in [0.15, 0.2) is 11.0 Å². The summed E-state index contributed by atoms with van der Waals surface area (Å²) < 4.78 is 12.9. The quantitative estimate of drug-likeness (QED) is 0.246. The summed E-state index contributed by atoms with van der Waals surface area (Å²) >= 11 is 0. The van der Waals surface area contributed by atoms with Crippen LogP contribution in [0.3, 0.4) is 0 Å². The monoisotopic (exact) mass is 507 g/mol. The first kappa shape index (κ1) is 24.9. The van der Waals surface area contributed by atoms with Crippen LogP contribution < -0.4 is 4.90 Å². The van der Waals surface area contributed by atoms with Crippen molar-refractivity contribution in [3.05, 3.63) is 114 Å². The molecule has 0 amide bonds. The first-order valence-electron chi connectivity index (χ1n) is 12.4. The minimum Gasteiger partial charge on any atom is -0.310 e. The van der Waals surface area contributed by atoms with Crippen LogP contribution in [0.1, 0.15) is 44.4 Å². The topological polar surface area (TPSA) is 54.5 Å². The highest BCUT2D eigenvalue weighted by molar-refractivity contribution is 7.93. The fraction of sp³-hybridized carbons (Fsp3) is 0.188. The normalized spacial score (nSPS) is 14.0.